The zero-order chi connectivity index (χ0) is 30.6. The molecule has 0 bridgehead atoms. The van der Waals surface area contributed by atoms with Gasteiger partial charge < -0.3 is 19.3 Å². The van der Waals surface area contributed by atoms with Crippen LogP contribution >= 0.6 is 0 Å². The maximum Gasteiger partial charge on any atom is 0.311 e. The van der Waals surface area contributed by atoms with E-state index in [9.17, 15) is 9.59 Å². The molecule has 3 atom stereocenters. The third kappa shape index (κ3) is 11.6. The van der Waals surface area contributed by atoms with E-state index in [4.69, 9.17) is 19.3 Å². The number of aliphatic hydroxyl groups is 1. The van der Waals surface area contributed by atoms with Crippen molar-refractivity contribution in [2.75, 3.05) is 13.2 Å². The summed E-state index contributed by atoms with van der Waals surface area (Å²) in [6.07, 6.45) is 13.2. The van der Waals surface area contributed by atoms with E-state index in [2.05, 4.69) is 41.5 Å². The molecule has 1 aliphatic heterocycles. The summed E-state index contributed by atoms with van der Waals surface area (Å²) < 4.78 is 17.3. The molecule has 0 aliphatic carbocycles. The second-order valence-electron chi connectivity index (χ2n) is 13.3. The molecule has 0 fully saturated rings. The molecule has 1 N–H and O–H groups in total. The number of benzene rings is 1. The number of hydrogen-bond donors (Lipinski definition) is 1. The molecule has 234 valence electrons. The average Bonchev–Trinajstić information content (AvgIpc) is 2.91. The molecule has 1 aliphatic rings. The Morgan fingerprint density at radius 2 is 1.44 bits per heavy atom. The van der Waals surface area contributed by atoms with Crippen LogP contribution in [0.3, 0.4) is 0 Å². The minimum Gasteiger partial charge on any atom is -0.487 e. The summed E-state index contributed by atoms with van der Waals surface area (Å²) in [6, 6.07) is 0. The number of carbonyl (C=O) groups excluding carboxylic acids is 2. The van der Waals surface area contributed by atoms with Crippen molar-refractivity contribution >= 4 is 11.9 Å². The predicted molar refractivity (Wildman–Crippen MR) is 166 cm³/mol. The van der Waals surface area contributed by atoms with Gasteiger partial charge in [0, 0.05) is 5.56 Å². The smallest absolute Gasteiger partial charge is 0.311 e. The van der Waals surface area contributed by atoms with Crippen molar-refractivity contribution in [3.63, 3.8) is 0 Å². The Bertz CT molecular complexity index is 984. The summed E-state index contributed by atoms with van der Waals surface area (Å²) in [5, 5.41) is 8.78. The van der Waals surface area contributed by atoms with E-state index in [1.165, 1.54) is 50.5 Å². The summed E-state index contributed by atoms with van der Waals surface area (Å²) in [6.45, 7) is 17.4. The van der Waals surface area contributed by atoms with Crippen molar-refractivity contribution in [2.45, 2.75) is 144 Å². The van der Waals surface area contributed by atoms with Crippen LogP contribution < -0.4 is 9.47 Å². The van der Waals surface area contributed by atoms with E-state index in [0.29, 0.717) is 5.75 Å². The van der Waals surface area contributed by atoms with Gasteiger partial charge in [-0.3, -0.25) is 9.59 Å². The van der Waals surface area contributed by atoms with Gasteiger partial charge in [-0.05, 0) is 87.8 Å². The first-order chi connectivity index (χ1) is 19.4. The quantitative estimate of drug-likeness (QED) is 0.140. The van der Waals surface area contributed by atoms with E-state index in [1.54, 1.807) is 0 Å². The van der Waals surface area contributed by atoms with Crippen LogP contribution in [0.4, 0.5) is 0 Å². The molecule has 41 heavy (non-hydrogen) atoms. The van der Waals surface area contributed by atoms with Crippen LogP contribution in [0.5, 0.6) is 11.5 Å². The number of ether oxygens (including phenoxy) is 3. The Balaban J connectivity index is 1.89. The van der Waals surface area contributed by atoms with Crippen molar-refractivity contribution in [2.24, 2.45) is 17.8 Å². The van der Waals surface area contributed by atoms with E-state index in [1.807, 2.05) is 13.8 Å². The molecule has 6 heteroatoms. The van der Waals surface area contributed by atoms with Gasteiger partial charge in [0.15, 0.2) is 0 Å². The lowest BCUT2D eigenvalue weighted by atomic mass is 9.83. The lowest BCUT2D eigenvalue weighted by Gasteiger charge is -2.38. The van der Waals surface area contributed by atoms with Gasteiger partial charge >= 0.3 is 11.9 Å². The number of esters is 2. The van der Waals surface area contributed by atoms with Gasteiger partial charge in [-0.1, -0.05) is 72.6 Å². The maximum atomic E-state index is 12.6. The average molecular weight is 575 g/mol. The van der Waals surface area contributed by atoms with Crippen LogP contribution in [0, 0.1) is 38.5 Å². The Kier molecular flexibility index (Phi) is 14.7. The van der Waals surface area contributed by atoms with Gasteiger partial charge in [0.2, 0.25) is 0 Å². The van der Waals surface area contributed by atoms with Crippen molar-refractivity contribution < 1.29 is 28.9 Å². The summed E-state index contributed by atoms with van der Waals surface area (Å²) >= 11 is 0. The van der Waals surface area contributed by atoms with Crippen LogP contribution in [0.15, 0.2) is 0 Å². The highest BCUT2D eigenvalue weighted by atomic mass is 16.5. The molecule has 0 amide bonds. The summed E-state index contributed by atoms with van der Waals surface area (Å²) in [5.41, 5.74) is 3.86. The molecular weight excluding hydrogens is 516 g/mol. The number of rotatable bonds is 18. The van der Waals surface area contributed by atoms with Crippen LogP contribution in [0.1, 0.15) is 134 Å². The van der Waals surface area contributed by atoms with Crippen LogP contribution in [0.2, 0.25) is 0 Å². The van der Waals surface area contributed by atoms with Crippen LogP contribution in [-0.2, 0) is 20.7 Å². The van der Waals surface area contributed by atoms with Gasteiger partial charge in [0.25, 0.3) is 0 Å². The Morgan fingerprint density at radius 1 is 0.854 bits per heavy atom. The SMILES string of the molecule is Cc1c(C)c(OC(=O)CCC(=O)OCCO)c(C)c2c1CCC(C)(CCCC(C)CCCC(C)CCCC(C)C)O2. The zero-order valence-electron chi connectivity index (χ0n) is 27.3. The second kappa shape index (κ2) is 17.1. The molecule has 1 heterocycles. The van der Waals surface area contributed by atoms with Gasteiger partial charge in [0.1, 0.15) is 23.7 Å². The fourth-order valence-electron chi connectivity index (χ4n) is 6.04. The highest BCUT2D eigenvalue weighted by Gasteiger charge is 2.35. The molecule has 0 radical (unpaired) electrons. The summed E-state index contributed by atoms with van der Waals surface area (Å²) in [4.78, 5) is 24.3. The van der Waals surface area contributed by atoms with Gasteiger partial charge in [-0.2, -0.15) is 0 Å². The zero-order valence-corrected chi connectivity index (χ0v) is 27.3. The van der Waals surface area contributed by atoms with Crippen molar-refractivity contribution in [3.8, 4) is 11.5 Å². The fraction of sp³-hybridized carbons (Fsp3) is 0.771. The molecule has 2 rings (SSSR count). The highest BCUT2D eigenvalue weighted by molar-refractivity contribution is 5.80. The van der Waals surface area contributed by atoms with Crippen LogP contribution in [0.25, 0.3) is 0 Å². The molecule has 0 saturated carbocycles. The van der Waals surface area contributed by atoms with Crippen molar-refractivity contribution in [3.05, 3.63) is 22.3 Å². The van der Waals surface area contributed by atoms with Crippen molar-refractivity contribution in [1.29, 1.82) is 0 Å². The maximum absolute atomic E-state index is 12.6. The first-order valence-electron chi connectivity index (χ1n) is 16.2. The van der Waals surface area contributed by atoms with Gasteiger partial charge in [-0.15, -0.1) is 0 Å². The molecule has 0 aromatic heterocycles. The molecule has 0 spiro atoms. The van der Waals surface area contributed by atoms with E-state index < -0.39 is 11.9 Å². The Labute approximate surface area is 249 Å². The first-order valence-corrected chi connectivity index (χ1v) is 16.2. The molecule has 1 aromatic rings. The fourth-order valence-corrected chi connectivity index (χ4v) is 6.04. The predicted octanol–water partition coefficient (Wildman–Crippen LogP) is 8.36. The monoisotopic (exact) mass is 574 g/mol. The van der Waals surface area contributed by atoms with Gasteiger partial charge in [-0.25, -0.2) is 0 Å². The molecule has 0 saturated heterocycles. The topological polar surface area (TPSA) is 82.1 Å². The highest BCUT2D eigenvalue weighted by Crippen LogP contribution is 2.45. The van der Waals surface area contributed by atoms with E-state index >= 15 is 0 Å². The minimum atomic E-state index is -0.522. The van der Waals surface area contributed by atoms with E-state index in [-0.39, 0.29) is 31.7 Å². The largest absolute Gasteiger partial charge is 0.487 e. The first kappa shape index (κ1) is 35.1. The second-order valence-corrected chi connectivity index (χ2v) is 13.3. The van der Waals surface area contributed by atoms with Gasteiger partial charge in [0.05, 0.1) is 19.4 Å². The number of hydrogen-bond acceptors (Lipinski definition) is 6. The number of carbonyl (C=O) groups is 2. The third-order valence-electron chi connectivity index (χ3n) is 8.94. The normalized spacial score (nSPS) is 18.0. The standard InChI is InChI=1S/C35H58O6/c1-24(2)12-9-13-25(3)14-10-15-26(4)16-11-20-35(8)21-19-30-27(5)28(6)33(29(7)34(30)41-35)40-32(38)18-17-31(37)39-23-22-36/h24-26,36H,9-23H2,1-8H3. The lowest BCUT2D eigenvalue weighted by molar-refractivity contribution is -0.147. The lowest BCUT2D eigenvalue weighted by Crippen LogP contribution is -2.37. The Morgan fingerprint density at radius 3 is 2.05 bits per heavy atom. The third-order valence-corrected chi connectivity index (χ3v) is 8.94. The van der Waals surface area contributed by atoms with Crippen LogP contribution in [-0.4, -0.2) is 35.9 Å². The van der Waals surface area contributed by atoms with Crippen molar-refractivity contribution in [1.82, 2.24) is 0 Å². The molecule has 3 unspecified atom stereocenters. The summed E-state index contributed by atoms with van der Waals surface area (Å²) in [7, 11) is 0. The summed E-state index contributed by atoms with van der Waals surface area (Å²) in [5.74, 6) is 2.77. The molecule has 6 nitrogen and oxygen atoms in total. The van der Waals surface area contributed by atoms with E-state index in [0.717, 1.165) is 65.9 Å². The minimum absolute atomic E-state index is 0.0664. The number of aliphatic hydroxyl groups excluding tert-OH is 1. The molecular formula is C35H58O6. The Hall–Kier alpha value is -2.08. The molecule has 1 aromatic carbocycles. The number of fused-ring (bicyclic) bond motifs is 1.